The van der Waals surface area contributed by atoms with Crippen LogP contribution < -0.4 is 0 Å². The molecule has 2 heterocycles. The first-order chi connectivity index (χ1) is 30.6. The van der Waals surface area contributed by atoms with E-state index < -0.39 is 0 Å². The fourth-order valence-electron chi connectivity index (χ4n) is 2.38. The van der Waals surface area contributed by atoms with Crippen molar-refractivity contribution in [1.29, 1.82) is 0 Å². The van der Waals surface area contributed by atoms with Gasteiger partial charge in [0.25, 0.3) is 0 Å². The number of imidazole rings is 1. The van der Waals surface area contributed by atoms with E-state index in [4.69, 9.17) is 22.4 Å². The molecule has 0 aliphatic carbocycles. The molecule has 0 saturated heterocycles. The third-order valence-corrected chi connectivity index (χ3v) is 100. The van der Waals surface area contributed by atoms with Gasteiger partial charge in [0.15, 0.2) is 0 Å². The van der Waals surface area contributed by atoms with E-state index in [0.29, 0.717) is 5.39 Å². The second-order valence-corrected chi connectivity index (χ2v) is 85.3. The van der Waals surface area contributed by atoms with E-state index in [9.17, 15) is 4.39 Å². The number of nitrogens with zero attached hydrogens (tertiary/aromatic N) is 2. The van der Waals surface area contributed by atoms with E-state index in [1.165, 1.54) is 24.0 Å². The Morgan fingerprint density at radius 3 is 0.871 bits per heavy atom. The molecular formula is C12H8BrFN2S46. The molecule has 0 spiro atoms. The fraction of sp³-hybridized carbons (Fsp3) is 0.0833. The maximum Gasteiger partial charge on any atom is 0.147 e. The van der Waals surface area contributed by atoms with E-state index in [1.54, 1.807) is 117 Å². The molecular weight excluding hydrogens is 1750 g/mol. The first-order valence-corrected chi connectivity index (χ1v) is 73.2. The van der Waals surface area contributed by atoms with E-state index >= 15 is 0 Å². The highest BCUT2D eigenvalue weighted by Crippen LogP contribution is 2.26. The highest BCUT2D eigenvalue weighted by Gasteiger charge is 2.11. The van der Waals surface area contributed by atoms with Gasteiger partial charge in [0, 0.05) is 430 Å². The molecule has 2 nitrogen and oxygen atoms in total. The number of aromatic nitrogens is 2. The summed E-state index contributed by atoms with van der Waals surface area (Å²) in [5.74, 6) is -0.226. The van der Waals surface area contributed by atoms with Crippen LogP contribution >= 0.6 is 15.9 Å². The van der Waals surface area contributed by atoms with Crippen molar-refractivity contribution >= 4 is 445 Å². The van der Waals surface area contributed by atoms with Crippen molar-refractivity contribution < 1.29 is 4.39 Å². The van der Waals surface area contributed by atoms with Crippen LogP contribution in [0.15, 0.2) is 35.1 Å². The lowest BCUT2D eigenvalue weighted by Gasteiger charge is -2.02. The van der Waals surface area contributed by atoms with Crippen LogP contribution in [-0.2, 0) is 413 Å². The van der Waals surface area contributed by atoms with Crippen LogP contribution in [0.25, 0.3) is 16.4 Å². The van der Waals surface area contributed by atoms with Gasteiger partial charge in [0.1, 0.15) is 16.1 Å². The Morgan fingerprint density at radius 1 is 0.403 bits per heavy atom. The van der Waals surface area contributed by atoms with Gasteiger partial charge in [-0.1, -0.05) is 24.3 Å². The zero-order chi connectivity index (χ0) is 44.4. The lowest BCUT2D eigenvalue weighted by atomic mass is 10.1. The Balaban J connectivity index is 0.000000673. The van der Waals surface area contributed by atoms with Crippen molar-refractivity contribution in [3.05, 3.63) is 46.6 Å². The minimum absolute atomic E-state index is 0.226. The van der Waals surface area contributed by atoms with Gasteiger partial charge in [-0.2, -0.15) is 0 Å². The molecule has 0 fully saturated rings. The summed E-state index contributed by atoms with van der Waals surface area (Å²) in [4.78, 5) is 4.39. The Morgan fingerprint density at radius 2 is 0.629 bits per heavy atom. The van der Waals surface area contributed by atoms with Crippen molar-refractivity contribution in [2.24, 2.45) is 0 Å². The molecule has 0 aliphatic heterocycles. The summed E-state index contributed by atoms with van der Waals surface area (Å²) in [5.41, 5.74) is 1.68. The topological polar surface area (TPSA) is 17.3 Å². The molecule has 0 unspecified atom stereocenters. The van der Waals surface area contributed by atoms with Crippen LogP contribution in [0.4, 0.5) is 4.39 Å². The molecule has 62 heavy (non-hydrogen) atoms. The largest absolute Gasteiger partial charge is 0.300 e. The number of pyridine rings is 1. The first kappa shape index (κ1) is 66.8. The van der Waals surface area contributed by atoms with Gasteiger partial charge in [-0.3, -0.25) is 4.40 Å². The molecule has 0 amide bonds. The second kappa shape index (κ2) is 51.8. The molecule has 2 aromatic heterocycles. The third-order valence-electron chi connectivity index (χ3n) is 3.95. The normalized spacial score (nSPS) is 8.69. The third kappa shape index (κ3) is 38.3. The van der Waals surface area contributed by atoms with Crippen molar-refractivity contribution in [2.45, 2.75) is 6.92 Å². The summed E-state index contributed by atoms with van der Waals surface area (Å²) in [6.07, 6.45) is 1.48. The zero-order valence-electron chi connectivity index (χ0n) is 27.3. The molecule has 356 valence electrons. The predicted molar refractivity (Wildman–Crippen MR) is 404 cm³/mol. The molecule has 0 N–H and O–H groups in total. The molecule has 3 rings (SSSR count). The number of fused-ring (bicyclic) bond motifs is 3. The van der Waals surface area contributed by atoms with Crippen LogP contribution in [0.5, 0.6) is 0 Å². The lowest BCUT2D eigenvalue weighted by molar-refractivity contribution is 0.631. The van der Waals surface area contributed by atoms with Gasteiger partial charge in [-0.15, -0.1) is 0 Å². The molecule has 0 bridgehead atoms. The Hall–Kier alpha value is 8.70. The number of rotatable bonds is 0. The molecule has 0 radical (unpaired) electrons. The van der Waals surface area contributed by atoms with E-state index in [0.717, 1.165) is 21.3 Å². The summed E-state index contributed by atoms with van der Waals surface area (Å²) in [6.45, 7) is 1.90. The van der Waals surface area contributed by atoms with Gasteiger partial charge >= 0.3 is 0 Å². The molecule has 0 aliphatic rings. The first-order valence-electron chi connectivity index (χ1n) is 12.4. The van der Waals surface area contributed by atoms with E-state index in [-0.39, 0.29) is 5.82 Å². The average Bonchev–Trinajstić information content (AvgIpc) is 3.57. The predicted octanol–water partition coefficient (Wildman–Crippen LogP) is 3.59. The monoisotopic (exact) mass is 1750 g/mol. The quantitative estimate of drug-likeness (QED) is 0.344. The highest BCUT2D eigenvalue weighted by molar-refractivity contribution is 9.10. The number of hydrogen-bond acceptors (Lipinski definition) is 3. The summed E-state index contributed by atoms with van der Waals surface area (Å²) in [6, 6.07) is 7.36. The maximum atomic E-state index is 13.8. The van der Waals surface area contributed by atoms with Gasteiger partial charge < -0.3 is 0 Å². The fourth-order valence-corrected chi connectivity index (χ4v) is 118. The van der Waals surface area contributed by atoms with Crippen LogP contribution in [0.2, 0.25) is 0 Å². The van der Waals surface area contributed by atoms with E-state index in [2.05, 4.69) is 20.9 Å². The molecule has 0 atom stereocenters. The Labute approximate surface area is 499 Å². The summed E-state index contributed by atoms with van der Waals surface area (Å²) < 4.78 is 16.4. The van der Waals surface area contributed by atoms with Crippen molar-refractivity contribution in [3.8, 4) is 0 Å². The van der Waals surface area contributed by atoms with Crippen molar-refractivity contribution in [1.82, 2.24) is 9.38 Å². The average molecular weight is 1750 g/mol. The Bertz CT molecular complexity index is 4050. The molecule has 0 saturated carbocycles. The second-order valence-electron chi connectivity index (χ2n) is 6.70. The maximum absolute atomic E-state index is 13.8. The van der Waals surface area contributed by atoms with Crippen LogP contribution in [0.3, 0.4) is 0 Å². The van der Waals surface area contributed by atoms with Crippen molar-refractivity contribution in [3.63, 3.8) is 0 Å². The van der Waals surface area contributed by atoms with Crippen LogP contribution in [0, 0.1) is 12.7 Å². The number of hydrogen-bond donors (Lipinski definition) is 0. The SMILES string of the molecule is Cc1c(Br)nc2c3ccccc3c(F)cn12.S=S=S=S=S=S=S=S=S=S=S=S=S=S=S=S=S=S=S=S=S=S=S=S=S=S=S=S=S=S=S=S=S=S=S=S=S=S=S=S=S=S=S=S=S=S. The number of halogens is 2. The van der Waals surface area contributed by atoms with E-state index in [1.807, 2.05) is 292 Å². The molecule has 1 aromatic carbocycles. The van der Waals surface area contributed by atoms with Gasteiger partial charge in [-0.05, 0) is 22.9 Å². The number of aryl methyl sites for hydroxylation is 1. The Kier molecular flexibility index (Phi) is 55.8. The smallest absolute Gasteiger partial charge is 0.147 e. The summed E-state index contributed by atoms with van der Waals surface area (Å²) >= 11 is 13.0. The van der Waals surface area contributed by atoms with Crippen LogP contribution in [0.1, 0.15) is 5.69 Å². The summed E-state index contributed by atoms with van der Waals surface area (Å²) in [7, 11) is 78.4. The molecule has 3 aromatic rings. The van der Waals surface area contributed by atoms with Crippen LogP contribution in [-0.4, -0.2) is 9.38 Å². The lowest BCUT2D eigenvalue weighted by Crippen LogP contribution is -1.91. The minimum atomic E-state index is -0.226. The minimum Gasteiger partial charge on any atom is -0.300 e. The highest BCUT2D eigenvalue weighted by atomic mass is 79.9. The summed E-state index contributed by atoms with van der Waals surface area (Å²) in [5, 5.41) is 1.43. The number of benzene rings is 1. The van der Waals surface area contributed by atoms with Gasteiger partial charge in [0.05, 0.1) is 5.69 Å². The standard InChI is InChI=1S/C12H8BrFN2.S46/c1-7-11(13)15-12-9-5-3-2-4-8(9)10(14)6-16(7)12;1-3-5-7-9-11-13-15-17-19-21-23-25-27-29-31-33-35-37-39-41-43-45-46-44-42-40-38-36-34-32-30-28-26-24-22-20-18-16-14-12-10-8-6-4-2/h2-6H,1H3;. The van der Waals surface area contributed by atoms with Gasteiger partial charge in [0.2, 0.25) is 0 Å². The molecule has 50 heteroatoms. The van der Waals surface area contributed by atoms with Gasteiger partial charge in [-0.25, -0.2) is 9.37 Å². The van der Waals surface area contributed by atoms with Crippen molar-refractivity contribution in [2.75, 3.05) is 0 Å². The zero-order valence-corrected chi connectivity index (χ0v) is 66.5.